The van der Waals surface area contributed by atoms with Gasteiger partial charge in [0.05, 0.1) is 24.0 Å². The zero-order valence-electron chi connectivity index (χ0n) is 19.1. The topological polar surface area (TPSA) is 53.3 Å². The van der Waals surface area contributed by atoms with E-state index >= 15 is 0 Å². The highest BCUT2D eigenvalue weighted by Gasteiger charge is 2.60. The van der Waals surface area contributed by atoms with E-state index < -0.39 is 12.0 Å². The Kier molecular flexibility index (Phi) is 4.35. The van der Waals surface area contributed by atoms with Gasteiger partial charge in [0.25, 0.3) is 5.92 Å². The number of aromatic nitrogens is 4. The first-order valence-corrected chi connectivity index (χ1v) is 12.1. The largest absolute Gasteiger partial charge is 0.355 e. The highest BCUT2D eigenvalue weighted by Crippen LogP contribution is 2.48. The summed E-state index contributed by atoms with van der Waals surface area (Å²) < 4.78 is 43.4. The fraction of sp³-hybridized carbons (Fsp3) is 0.458. The number of anilines is 2. The second-order valence-corrected chi connectivity index (χ2v) is 10.8. The first kappa shape index (κ1) is 21.4. The zero-order chi connectivity index (χ0) is 24.1. The lowest BCUT2D eigenvalue weighted by molar-refractivity contribution is 0.0663. The average molecular weight is 502 g/mol. The maximum Gasteiger partial charge on any atom is 0.265 e. The summed E-state index contributed by atoms with van der Waals surface area (Å²) in [5.74, 6) is -0.767. The molecule has 7 rings (SSSR count). The van der Waals surface area contributed by atoms with Crippen LogP contribution >= 0.6 is 11.6 Å². The second-order valence-electron chi connectivity index (χ2n) is 10.4. The molecule has 0 N–H and O–H groups in total. The minimum atomic E-state index is -2.66. The predicted molar refractivity (Wildman–Crippen MR) is 125 cm³/mol. The maximum atomic E-state index is 13.9. The molecule has 0 amide bonds. The van der Waals surface area contributed by atoms with Crippen molar-refractivity contribution in [2.45, 2.75) is 38.4 Å². The van der Waals surface area contributed by atoms with E-state index in [9.17, 15) is 13.2 Å². The molecule has 1 unspecified atom stereocenters. The van der Waals surface area contributed by atoms with Gasteiger partial charge in [-0.15, -0.1) is 10.2 Å². The molecule has 7 nitrogen and oxygen atoms in total. The van der Waals surface area contributed by atoms with Crippen LogP contribution in [-0.2, 0) is 13.1 Å². The van der Waals surface area contributed by atoms with Gasteiger partial charge in [-0.3, -0.25) is 9.47 Å². The number of hydrogen-bond donors (Lipinski definition) is 0. The summed E-state index contributed by atoms with van der Waals surface area (Å²) in [6.45, 7) is 5.69. The first-order chi connectivity index (χ1) is 16.7. The first-order valence-electron chi connectivity index (χ1n) is 11.7. The van der Waals surface area contributed by atoms with Gasteiger partial charge in [-0.05, 0) is 42.8 Å². The zero-order valence-corrected chi connectivity index (χ0v) is 19.8. The molecule has 1 atom stereocenters. The van der Waals surface area contributed by atoms with Gasteiger partial charge < -0.3 is 9.80 Å². The van der Waals surface area contributed by atoms with Gasteiger partial charge >= 0.3 is 0 Å². The summed E-state index contributed by atoms with van der Waals surface area (Å²) in [7, 11) is 0. The summed E-state index contributed by atoms with van der Waals surface area (Å²) in [5, 5.41) is 9.47. The van der Waals surface area contributed by atoms with Crippen molar-refractivity contribution < 1.29 is 13.2 Å². The third kappa shape index (κ3) is 3.33. The summed E-state index contributed by atoms with van der Waals surface area (Å²) in [6.07, 6.45) is -0.128. The van der Waals surface area contributed by atoms with Gasteiger partial charge in [0.15, 0.2) is 5.82 Å². The van der Waals surface area contributed by atoms with Crippen LogP contribution in [0.1, 0.15) is 23.5 Å². The number of rotatable bonds is 3. The quantitative estimate of drug-likeness (QED) is 0.544. The Labute approximate surface area is 205 Å². The van der Waals surface area contributed by atoms with E-state index in [1.54, 1.807) is 17.9 Å². The number of halogens is 4. The molecule has 11 heteroatoms. The lowest BCUT2D eigenvalue weighted by atomic mass is 9.73. The van der Waals surface area contributed by atoms with Crippen LogP contribution in [-0.4, -0.2) is 62.8 Å². The Balaban J connectivity index is 1.13. The van der Waals surface area contributed by atoms with Crippen LogP contribution < -0.4 is 9.80 Å². The van der Waals surface area contributed by atoms with Crippen molar-refractivity contribution in [3.05, 3.63) is 58.3 Å². The summed E-state index contributed by atoms with van der Waals surface area (Å²) >= 11 is 6.27. The maximum absolute atomic E-state index is 13.9. The van der Waals surface area contributed by atoms with Crippen molar-refractivity contribution in [1.82, 2.24) is 24.6 Å². The van der Waals surface area contributed by atoms with E-state index in [2.05, 4.69) is 25.0 Å². The molecule has 3 aliphatic heterocycles. The van der Waals surface area contributed by atoms with Crippen LogP contribution in [0.3, 0.4) is 0 Å². The highest BCUT2D eigenvalue weighted by molar-refractivity contribution is 6.30. The average Bonchev–Trinajstić information content (AvgIpc) is 3.27. The number of fused-ring (bicyclic) bond motifs is 3. The standard InChI is InChI=1S/C24H23ClF3N7/c1-14-17(26)3-5-20(29-14)33-10-23(11-33)12-34(13-23)22-31-30-21-9-32(19-7-24(19,27)28)8-15-6-16(25)2-4-18(15)35(21)22/h2-6,19H,7-13H2,1H3. The number of alkyl halides is 2. The van der Waals surface area contributed by atoms with Crippen molar-refractivity contribution in [3.8, 4) is 5.69 Å². The minimum Gasteiger partial charge on any atom is -0.355 e. The van der Waals surface area contributed by atoms with E-state index in [0.29, 0.717) is 29.6 Å². The second kappa shape index (κ2) is 7.10. The SMILES string of the molecule is Cc1nc(N2CC3(C2)CN(c2nnc4n2-c2ccc(Cl)cc2CN(C2CC2(F)F)C4)C3)ccc1F. The molecule has 0 bridgehead atoms. The van der Waals surface area contributed by atoms with Gasteiger partial charge in [-0.2, -0.15) is 0 Å². The molecule has 2 aromatic heterocycles. The van der Waals surface area contributed by atoms with E-state index in [0.717, 1.165) is 49.2 Å². The van der Waals surface area contributed by atoms with Gasteiger partial charge in [0.1, 0.15) is 11.6 Å². The van der Waals surface area contributed by atoms with Crippen LogP contribution in [0.4, 0.5) is 24.9 Å². The molecule has 4 aliphatic rings. The summed E-state index contributed by atoms with van der Waals surface area (Å²) in [4.78, 5) is 10.5. The monoisotopic (exact) mass is 501 g/mol. The smallest absolute Gasteiger partial charge is 0.265 e. The Hall–Kier alpha value is -2.85. The van der Waals surface area contributed by atoms with Crippen LogP contribution in [0.15, 0.2) is 30.3 Å². The minimum absolute atomic E-state index is 0.128. The molecule has 3 aromatic rings. The number of pyridine rings is 1. The molecule has 1 spiro atoms. The molecule has 5 heterocycles. The van der Waals surface area contributed by atoms with Gasteiger partial charge in [-0.25, -0.2) is 18.2 Å². The summed E-state index contributed by atoms with van der Waals surface area (Å²) in [5.41, 5.74) is 2.31. The van der Waals surface area contributed by atoms with Crippen molar-refractivity contribution in [2.24, 2.45) is 5.41 Å². The molecule has 1 aliphatic carbocycles. The van der Waals surface area contributed by atoms with Crippen molar-refractivity contribution in [1.29, 1.82) is 0 Å². The van der Waals surface area contributed by atoms with Crippen molar-refractivity contribution in [2.75, 3.05) is 36.0 Å². The Morgan fingerprint density at radius 1 is 1.00 bits per heavy atom. The Morgan fingerprint density at radius 2 is 1.74 bits per heavy atom. The van der Waals surface area contributed by atoms with E-state index in [1.807, 2.05) is 22.8 Å². The lowest BCUT2D eigenvalue weighted by Gasteiger charge is -2.60. The van der Waals surface area contributed by atoms with Gasteiger partial charge in [-0.1, -0.05) is 11.6 Å². The predicted octanol–water partition coefficient (Wildman–Crippen LogP) is 3.81. The van der Waals surface area contributed by atoms with Crippen LogP contribution in [0.2, 0.25) is 5.02 Å². The van der Waals surface area contributed by atoms with Gasteiger partial charge in [0, 0.05) is 49.6 Å². The van der Waals surface area contributed by atoms with Crippen LogP contribution in [0, 0.1) is 18.2 Å². The molecule has 1 aromatic carbocycles. The molecule has 35 heavy (non-hydrogen) atoms. The molecule has 182 valence electrons. The Bertz CT molecular complexity index is 1340. The highest BCUT2D eigenvalue weighted by atomic mass is 35.5. The number of nitrogens with zero attached hydrogens (tertiary/aromatic N) is 7. The van der Waals surface area contributed by atoms with Crippen molar-refractivity contribution in [3.63, 3.8) is 0 Å². The fourth-order valence-corrected chi connectivity index (χ4v) is 5.96. The molecular formula is C24H23ClF3N7. The fourth-order valence-electron chi connectivity index (χ4n) is 5.77. The molecular weight excluding hydrogens is 479 g/mol. The lowest BCUT2D eigenvalue weighted by Crippen LogP contribution is -2.73. The van der Waals surface area contributed by atoms with E-state index in [4.69, 9.17) is 11.6 Å². The third-order valence-corrected chi connectivity index (χ3v) is 7.90. The Morgan fingerprint density at radius 3 is 2.46 bits per heavy atom. The van der Waals surface area contributed by atoms with Crippen LogP contribution in [0.25, 0.3) is 5.69 Å². The van der Waals surface area contributed by atoms with Gasteiger partial charge in [0.2, 0.25) is 5.95 Å². The summed E-state index contributed by atoms with van der Waals surface area (Å²) in [6, 6.07) is 7.99. The van der Waals surface area contributed by atoms with Crippen molar-refractivity contribution >= 4 is 23.4 Å². The number of benzene rings is 1. The normalized spacial score (nSPS) is 23.9. The number of hydrogen-bond acceptors (Lipinski definition) is 6. The molecule has 0 radical (unpaired) electrons. The molecule has 2 saturated heterocycles. The van der Waals surface area contributed by atoms with E-state index in [-0.39, 0.29) is 17.7 Å². The van der Waals surface area contributed by atoms with Crippen LogP contribution in [0.5, 0.6) is 0 Å². The third-order valence-electron chi connectivity index (χ3n) is 7.67. The molecule has 3 fully saturated rings. The number of aryl methyl sites for hydroxylation is 1. The van der Waals surface area contributed by atoms with E-state index in [1.165, 1.54) is 6.07 Å². The molecule has 1 saturated carbocycles.